The molecule has 138 valence electrons. The van der Waals surface area contributed by atoms with Crippen LogP contribution in [0.2, 0.25) is 0 Å². The number of thioether (sulfide) groups is 1. The minimum atomic E-state index is -0.785. The van der Waals surface area contributed by atoms with Crippen molar-refractivity contribution in [1.29, 1.82) is 0 Å². The van der Waals surface area contributed by atoms with Crippen molar-refractivity contribution in [3.63, 3.8) is 0 Å². The summed E-state index contributed by atoms with van der Waals surface area (Å²) in [4.78, 5) is 40.9. The number of carboxylic acid groups (broad SMARTS) is 1. The third-order valence-electron chi connectivity index (χ3n) is 6.38. The van der Waals surface area contributed by atoms with Crippen molar-refractivity contribution in [3.05, 3.63) is 0 Å². The number of likely N-dealkylation sites (tertiary alicyclic amines) is 1. The summed E-state index contributed by atoms with van der Waals surface area (Å²) in [5, 5.41) is 9.50. The van der Waals surface area contributed by atoms with Crippen LogP contribution in [0.15, 0.2) is 0 Å². The number of amides is 2. The quantitative estimate of drug-likeness (QED) is 0.818. The van der Waals surface area contributed by atoms with Crippen LogP contribution >= 0.6 is 11.8 Å². The van der Waals surface area contributed by atoms with Gasteiger partial charge in [0.1, 0.15) is 6.04 Å². The van der Waals surface area contributed by atoms with Gasteiger partial charge in [-0.05, 0) is 37.5 Å². The molecule has 0 aromatic carbocycles. The zero-order valence-corrected chi connectivity index (χ0v) is 15.2. The first-order valence-electron chi connectivity index (χ1n) is 9.46. The van der Waals surface area contributed by atoms with E-state index in [1.54, 1.807) is 21.6 Å². The van der Waals surface area contributed by atoms with Crippen molar-refractivity contribution in [2.24, 2.45) is 23.7 Å². The lowest BCUT2D eigenvalue weighted by molar-refractivity contribution is -0.146. The molecule has 0 aromatic heterocycles. The van der Waals surface area contributed by atoms with Gasteiger partial charge in [-0.2, -0.15) is 0 Å². The summed E-state index contributed by atoms with van der Waals surface area (Å²) in [6.07, 6.45) is 6.26. The fourth-order valence-electron chi connectivity index (χ4n) is 4.75. The topological polar surface area (TPSA) is 77.9 Å². The predicted molar refractivity (Wildman–Crippen MR) is 93.8 cm³/mol. The Hall–Kier alpha value is -1.24. The van der Waals surface area contributed by atoms with Crippen LogP contribution in [0.5, 0.6) is 0 Å². The highest BCUT2D eigenvalue weighted by molar-refractivity contribution is 7.99. The molecule has 2 aliphatic heterocycles. The molecular formula is C18H26N2O4S. The van der Waals surface area contributed by atoms with E-state index in [4.69, 9.17) is 0 Å². The summed E-state index contributed by atoms with van der Waals surface area (Å²) >= 11 is 1.63. The third-order valence-corrected chi connectivity index (χ3v) is 7.39. The lowest BCUT2D eigenvalue weighted by Crippen LogP contribution is -2.49. The monoisotopic (exact) mass is 366 g/mol. The van der Waals surface area contributed by atoms with Crippen molar-refractivity contribution in [2.75, 3.05) is 24.7 Å². The van der Waals surface area contributed by atoms with Gasteiger partial charge >= 0.3 is 5.97 Å². The molecule has 25 heavy (non-hydrogen) atoms. The molecule has 4 rings (SSSR count). The Morgan fingerprint density at radius 1 is 0.960 bits per heavy atom. The third kappa shape index (κ3) is 3.27. The first-order valence-corrected chi connectivity index (χ1v) is 10.6. The van der Waals surface area contributed by atoms with Gasteiger partial charge in [-0.3, -0.25) is 14.4 Å². The Morgan fingerprint density at radius 3 is 2.32 bits per heavy atom. The summed E-state index contributed by atoms with van der Waals surface area (Å²) in [5.74, 6) is 0.741. The molecule has 3 atom stereocenters. The molecule has 2 heterocycles. The maximum absolute atomic E-state index is 13.1. The van der Waals surface area contributed by atoms with Gasteiger partial charge in [-0.15, -0.1) is 11.8 Å². The van der Waals surface area contributed by atoms with Crippen LogP contribution in [0.25, 0.3) is 0 Å². The van der Waals surface area contributed by atoms with Crippen LogP contribution in [0.1, 0.15) is 38.5 Å². The van der Waals surface area contributed by atoms with Crippen LogP contribution in [0.3, 0.4) is 0 Å². The zero-order chi connectivity index (χ0) is 17.6. The van der Waals surface area contributed by atoms with E-state index in [9.17, 15) is 19.5 Å². The van der Waals surface area contributed by atoms with E-state index < -0.39 is 17.9 Å². The van der Waals surface area contributed by atoms with E-state index in [1.807, 2.05) is 0 Å². The van der Waals surface area contributed by atoms with E-state index in [0.29, 0.717) is 30.6 Å². The van der Waals surface area contributed by atoms with Crippen molar-refractivity contribution in [2.45, 2.75) is 44.6 Å². The second kappa shape index (κ2) is 6.82. The standard InChI is InChI=1S/C18H26N2O4S/c21-16(12-3-1-2-4-12)20-10-25-9-15(20)17(22)19-7-13(11-5-6-11)14(8-19)18(23)24/h11-15H,1-10H2,(H,23,24)/t13-,14+,15?/m1/s1. The first kappa shape index (κ1) is 17.2. The number of nitrogens with zero attached hydrogens (tertiary/aromatic N) is 2. The summed E-state index contributed by atoms with van der Waals surface area (Å²) in [5.41, 5.74) is 0. The number of hydrogen-bond acceptors (Lipinski definition) is 4. The fraction of sp³-hybridized carbons (Fsp3) is 0.833. The molecule has 1 unspecified atom stereocenters. The van der Waals surface area contributed by atoms with E-state index in [-0.39, 0.29) is 23.7 Å². The highest BCUT2D eigenvalue weighted by Crippen LogP contribution is 2.44. The number of carbonyl (C=O) groups excluding carboxylic acids is 2. The van der Waals surface area contributed by atoms with Gasteiger partial charge in [0.15, 0.2) is 0 Å². The summed E-state index contributed by atoms with van der Waals surface area (Å²) in [7, 11) is 0. The molecule has 2 aliphatic carbocycles. The SMILES string of the molecule is O=C(O)[C@H]1CN(C(=O)C2CSCN2C(=O)C2CCCC2)C[C@@H]1C1CC1. The number of carboxylic acids is 1. The van der Waals surface area contributed by atoms with Crippen LogP contribution in [0.4, 0.5) is 0 Å². The highest BCUT2D eigenvalue weighted by Gasteiger charge is 2.49. The van der Waals surface area contributed by atoms with Crippen molar-refractivity contribution in [3.8, 4) is 0 Å². The Labute approximate surface area is 152 Å². The maximum atomic E-state index is 13.1. The number of aliphatic carboxylic acids is 1. The van der Waals surface area contributed by atoms with Gasteiger partial charge in [-0.1, -0.05) is 12.8 Å². The maximum Gasteiger partial charge on any atom is 0.308 e. The molecule has 2 saturated carbocycles. The van der Waals surface area contributed by atoms with Gasteiger partial charge in [0.05, 0.1) is 11.8 Å². The van der Waals surface area contributed by atoms with Gasteiger partial charge in [0.25, 0.3) is 0 Å². The molecule has 0 bridgehead atoms. The van der Waals surface area contributed by atoms with Gasteiger partial charge in [0.2, 0.25) is 11.8 Å². The molecular weight excluding hydrogens is 340 g/mol. The van der Waals surface area contributed by atoms with Gasteiger partial charge < -0.3 is 14.9 Å². The lowest BCUT2D eigenvalue weighted by atomic mass is 9.92. The van der Waals surface area contributed by atoms with E-state index >= 15 is 0 Å². The molecule has 7 heteroatoms. The molecule has 1 N–H and O–H groups in total. The minimum absolute atomic E-state index is 0.0363. The molecule has 2 saturated heterocycles. The lowest BCUT2D eigenvalue weighted by Gasteiger charge is -2.29. The van der Waals surface area contributed by atoms with Gasteiger partial charge in [-0.25, -0.2) is 0 Å². The molecule has 4 aliphatic rings. The second-order valence-corrected chi connectivity index (χ2v) is 8.99. The molecule has 0 aromatic rings. The molecule has 4 fully saturated rings. The van der Waals surface area contributed by atoms with Crippen LogP contribution in [-0.2, 0) is 14.4 Å². The largest absolute Gasteiger partial charge is 0.481 e. The summed E-state index contributed by atoms with van der Waals surface area (Å²) in [6.45, 7) is 0.856. The average molecular weight is 366 g/mol. The Balaban J connectivity index is 1.44. The van der Waals surface area contributed by atoms with Crippen molar-refractivity contribution < 1.29 is 19.5 Å². The Morgan fingerprint density at radius 2 is 1.68 bits per heavy atom. The number of rotatable bonds is 4. The average Bonchev–Trinajstić information content (AvgIpc) is 3.06. The summed E-state index contributed by atoms with van der Waals surface area (Å²) in [6, 6.07) is -0.398. The second-order valence-electron chi connectivity index (χ2n) is 7.99. The van der Waals surface area contributed by atoms with E-state index in [1.165, 1.54) is 0 Å². The molecule has 0 radical (unpaired) electrons. The first-order chi connectivity index (χ1) is 12.1. The molecule has 0 spiro atoms. The molecule has 6 nitrogen and oxygen atoms in total. The smallest absolute Gasteiger partial charge is 0.308 e. The predicted octanol–water partition coefficient (Wildman–Crippen LogP) is 1.65. The molecule has 2 amide bonds. The van der Waals surface area contributed by atoms with E-state index in [2.05, 4.69) is 0 Å². The minimum Gasteiger partial charge on any atom is -0.481 e. The zero-order valence-electron chi connectivity index (χ0n) is 14.4. The normalized spacial score (nSPS) is 33.2. The van der Waals surface area contributed by atoms with Crippen molar-refractivity contribution >= 4 is 29.5 Å². The van der Waals surface area contributed by atoms with Crippen LogP contribution in [0, 0.1) is 23.7 Å². The number of carbonyl (C=O) groups is 3. The fourth-order valence-corrected chi connectivity index (χ4v) is 5.91. The van der Waals surface area contributed by atoms with Crippen LogP contribution in [-0.4, -0.2) is 63.5 Å². The van der Waals surface area contributed by atoms with Crippen LogP contribution < -0.4 is 0 Å². The number of hydrogen-bond donors (Lipinski definition) is 1. The van der Waals surface area contributed by atoms with Gasteiger partial charge in [0, 0.05) is 24.8 Å². The Bertz CT molecular complexity index is 573. The highest BCUT2D eigenvalue weighted by atomic mass is 32.2. The summed E-state index contributed by atoms with van der Waals surface area (Å²) < 4.78 is 0. The Kier molecular flexibility index (Phi) is 4.69. The van der Waals surface area contributed by atoms with Crippen molar-refractivity contribution in [1.82, 2.24) is 9.80 Å². The van der Waals surface area contributed by atoms with E-state index in [0.717, 1.165) is 38.5 Å².